The van der Waals surface area contributed by atoms with Gasteiger partial charge in [0.1, 0.15) is 0 Å². The lowest BCUT2D eigenvalue weighted by Gasteiger charge is -1.91. The first-order chi connectivity index (χ1) is 2.64. The highest BCUT2D eigenvalue weighted by molar-refractivity contribution is 5.78. The Kier molecular flexibility index (Phi) is 4.92. The molecule has 0 aliphatic carbocycles. The van der Waals surface area contributed by atoms with Gasteiger partial charge in [0.05, 0.1) is 6.04 Å². The summed E-state index contributed by atoms with van der Waals surface area (Å²) in [6.07, 6.45) is 0. The maximum absolute atomic E-state index is 9.80. The van der Waals surface area contributed by atoms with Gasteiger partial charge < -0.3 is 16.9 Å². The number of hydrogen-bond donors (Lipinski definition) is 2. The van der Waals surface area contributed by atoms with E-state index in [1.54, 1.807) is 6.92 Å². The van der Waals surface area contributed by atoms with Gasteiger partial charge in [-0.25, -0.2) is 0 Å². The molecule has 1 amide bonds. The number of primary amides is 1. The number of nitrogens with two attached hydrogens (primary N) is 2. The molecule has 4 heteroatoms. The molecular formula is C3H10N2O2. The minimum atomic E-state index is -0.509. The van der Waals surface area contributed by atoms with Crippen molar-refractivity contribution < 1.29 is 10.3 Å². The summed E-state index contributed by atoms with van der Waals surface area (Å²) in [5.41, 5.74) is 9.63. The SMILES string of the molecule is C[C@H](N)C(N)=O.O. The summed E-state index contributed by atoms with van der Waals surface area (Å²) in [7, 11) is 0. The Labute approximate surface area is 41.8 Å². The minimum Gasteiger partial charge on any atom is -0.412 e. The molecule has 0 fully saturated rings. The molecular weight excluding hydrogens is 96.0 g/mol. The van der Waals surface area contributed by atoms with E-state index in [1.165, 1.54) is 0 Å². The lowest BCUT2D eigenvalue weighted by molar-refractivity contribution is -0.118. The van der Waals surface area contributed by atoms with Crippen LogP contribution in [-0.2, 0) is 4.79 Å². The van der Waals surface area contributed by atoms with Crippen LogP contribution in [0.2, 0.25) is 0 Å². The monoisotopic (exact) mass is 106 g/mol. The van der Waals surface area contributed by atoms with Crippen molar-refractivity contribution in [2.75, 3.05) is 0 Å². The first kappa shape index (κ1) is 9.63. The van der Waals surface area contributed by atoms with Crippen molar-refractivity contribution in [3.63, 3.8) is 0 Å². The summed E-state index contributed by atoms with van der Waals surface area (Å²) < 4.78 is 0. The fraction of sp³-hybridized carbons (Fsp3) is 0.667. The van der Waals surface area contributed by atoms with Gasteiger partial charge in [0, 0.05) is 0 Å². The first-order valence-electron chi connectivity index (χ1n) is 1.69. The van der Waals surface area contributed by atoms with Crippen molar-refractivity contribution in [1.29, 1.82) is 0 Å². The molecule has 0 spiro atoms. The molecule has 1 atom stereocenters. The van der Waals surface area contributed by atoms with E-state index in [-0.39, 0.29) is 5.48 Å². The van der Waals surface area contributed by atoms with Crippen LogP contribution < -0.4 is 11.5 Å². The van der Waals surface area contributed by atoms with E-state index >= 15 is 0 Å². The van der Waals surface area contributed by atoms with Crippen molar-refractivity contribution in [3.8, 4) is 0 Å². The summed E-state index contributed by atoms with van der Waals surface area (Å²) in [4.78, 5) is 9.80. The molecule has 0 rings (SSSR count). The molecule has 0 radical (unpaired) electrons. The highest BCUT2D eigenvalue weighted by atomic mass is 16.1. The molecule has 6 N–H and O–H groups in total. The van der Waals surface area contributed by atoms with Crippen LogP contribution >= 0.6 is 0 Å². The number of amides is 1. The zero-order valence-corrected chi connectivity index (χ0v) is 4.14. The van der Waals surface area contributed by atoms with Crippen LogP contribution in [-0.4, -0.2) is 17.4 Å². The molecule has 0 aliphatic heterocycles. The first-order valence-corrected chi connectivity index (χ1v) is 1.69. The largest absolute Gasteiger partial charge is 0.412 e. The molecule has 0 saturated heterocycles. The average molecular weight is 106 g/mol. The summed E-state index contributed by atoms with van der Waals surface area (Å²) >= 11 is 0. The van der Waals surface area contributed by atoms with Crippen molar-refractivity contribution in [2.24, 2.45) is 11.5 Å². The summed E-state index contributed by atoms with van der Waals surface area (Å²) in [6, 6.07) is -0.509. The number of hydrogen-bond acceptors (Lipinski definition) is 2. The molecule has 7 heavy (non-hydrogen) atoms. The third kappa shape index (κ3) is 5.39. The summed E-state index contributed by atoms with van der Waals surface area (Å²) in [5.74, 6) is -0.463. The summed E-state index contributed by atoms with van der Waals surface area (Å²) in [5, 5.41) is 0. The van der Waals surface area contributed by atoms with Gasteiger partial charge in [-0.3, -0.25) is 4.79 Å². The molecule has 0 saturated carbocycles. The van der Waals surface area contributed by atoms with Gasteiger partial charge in [0.25, 0.3) is 0 Å². The molecule has 0 aromatic heterocycles. The minimum absolute atomic E-state index is 0. The number of carbonyl (C=O) groups is 1. The van der Waals surface area contributed by atoms with Crippen molar-refractivity contribution >= 4 is 5.91 Å². The van der Waals surface area contributed by atoms with Crippen LogP contribution in [0.1, 0.15) is 6.92 Å². The molecule has 0 heterocycles. The maximum atomic E-state index is 9.80. The topological polar surface area (TPSA) is 101 Å². The quantitative estimate of drug-likeness (QED) is 0.403. The number of carbonyl (C=O) groups excluding carboxylic acids is 1. The lowest BCUT2D eigenvalue weighted by Crippen LogP contribution is -2.32. The Morgan fingerprint density at radius 1 is 1.71 bits per heavy atom. The second-order valence-corrected chi connectivity index (χ2v) is 1.19. The van der Waals surface area contributed by atoms with Gasteiger partial charge in [-0.15, -0.1) is 0 Å². The van der Waals surface area contributed by atoms with Gasteiger partial charge in [-0.05, 0) is 6.92 Å². The smallest absolute Gasteiger partial charge is 0.234 e. The van der Waals surface area contributed by atoms with E-state index in [0.29, 0.717) is 0 Å². The molecule has 0 unspecified atom stereocenters. The normalized spacial score (nSPS) is 11.7. The molecule has 44 valence electrons. The van der Waals surface area contributed by atoms with Gasteiger partial charge in [0.15, 0.2) is 0 Å². The fourth-order valence-electron chi connectivity index (χ4n) is 0. The van der Waals surface area contributed by atoms with E-state index in [9.17, 15) is 4.79 Å². The molecule has 4 nitrogen and oxygen atoms in total. The molecule has 0 bridgehead atoms. The zero-order chi connectivity index (χ0) is 5.15. The third-order valence-corrected chi connectivity index (χ3v) is 0.449. The predicted octanol–water partition coefficient (Wildman–Crippen LogP) is -2.01. The highest BCUT2D eigenvalue weighted by Gasteiger charge is 1.96. The second-order valence-electron chi connectivity index (χ2n) is 1.19. The third-order valence-electron chi connectivity index (χ3n) is 0.449. The van der Waals surface area contributed by atoms with Crippen LogP contribution in [0, 0.1) is 0 Å². The maximum Gasteiger partial charge on any atom is 0.234 e. The van der Waals surface area contributed by atoms with Gasteiger partial charge in [0.2, 0.25) is 5.91 Å². The van der Waals surface area contributed by atoms with Crippen molar-refractivity contribution in [1.82, 2.24) is 0 Å². The molecule has 0 aliphatic rings. The highest BCUT2D eigenvalue weighted by Crippen LogP contribution is 1.64. The van der Waals surface area contributed by atoms with Crippen LogP contribution in [0.5, 0.6) is 0 Å². The van der Waals surface area contributed by atoms with Crippen LogP contribution in [0.25, 0.3) is 0 Å². The predicted molar refractivity (Wildman–Crippen MR) is 26.5 cm³/mol. The van der Waals surface area contributed by atoms with E-state index in [0.717, 1.165) is 0 Å². The van der Waals surface area contributed by atoms with E-state index in [2.05, 4.69) is 5.73 Å². The Hall–Kier alpha value is -0.610. The standard InChI is InChI=1S/C3H8N2O.H2O/c1-2(4)3(5)6;/h2H,4H2,1H3,(H2,5,6);1H2/t2-;/m0./s1. The van der Waals surface area contributed by atoms with Gasteiger partial charge in [-0.2, -0.15) is 0 Å². The Balaban J connectivity index is 0. The van der Waals surface area contributed by atoms with Gasteiger partial charge in [-0.1, -0.05) is 0 Å². The van der Waals surface area contributed by atoms with Crippen LogP contribution in [0.4, 0.5) is 0 Å². The van der Waals surface area contributed by atoms with Crippen molar-refractivity contribution in [3.05, 3.63) is 0 Å². The van der Waals surface area contributed by atoms with Gasteiger partial charge >= 0.3 is 0 Å². The van der Waals surface area contributed by atoms with Crippen LogP contribution in [0.3, 0.4) is 0 Å². The Bertz CT molecular complexity index is 62.0. The second kappa shape index (κ2) is 3.58. The number of rotatable bonds is 1. The molecule has 0 aromatic carbocycles. The van der Waals surface area contributed by atoms with Crippen LogP contribution in [0.15, 0.2) is 0 Å². The Morgan fingerprint density at radius 3 is 1.86 bits per heavy atom. The fourth-order valence-corrected chi connectivity index (χ4v) is 0. The average Bonchev–Trinajstić information content (AvgIpc) is 1.36. The Morgan fingerprint density at radius 2 is 1.86 bits per heavy atom. The molecule has 0 aromatic rings. The van der Waals surface area contributed by atoms with E-state index in [1.807, 2.05) is 0 Å². The van der Waals surface area contributed by atoms with E-state index < -0.39 is 11.9 Å². The van der Waals surface area contributed by atoms with E-state index in [4.69, 9.17) is 5.73 Å². The van der Waals surface area contributed by atoms with Crippen molar-refractivity contribution in [2.45, 2.75) is 13.0 Å². The zero-order valence-electron chi connectivity index (χ0n) is 4.14. The lowest BCUT2D eigenvalue weighted by atomic mass is 10.4. The summed E-state index contributed by atoms with van der Waals surface area (Å²) in [6.45, 7) is 1.54.